The van der Waals surface area contributed by atoms with Gasteiger partial charge in [0, 0.05) is 26.6 Å². The Morgan fingerprint density at radius 2 is 1.79 bits per heavy atom. The Hall–Kier alpha value is -1.91. The predicted molar refractivity (Wildman–Crippen MR) is 87.5 cm³/mol. The second-order valence-corrected chi connectivity index (χ2v) is 5.65. The summed E-state index contributed by atoms with van der Waals surface area (Å²) in [5, 5.41) is 7.33. The summed E-state index contributed by atoms with van der Waals surface area (Å²) in [6.07, 6.45) is 0.198. The molecule has 1 unspecified atom stereocenters. The Kier molecular flexibility index (Phi) is 8.65. The lowest BCUT2D eigenvalue weighted by Crippen LogP contribution is -2.79. The van der Waals surface area contributed by atoms with Gasteiger partial charge < -0.3 is 25.8 Å². The molecule has 0 radical (unpaired) electrons. The summed E-state index contributed by atoms with van der Waals surface area (Å²) in [6, 6.07) is 0. The number of amides is 3. The lowest BCUT2D eigenvalue weighted by atomic mass is 9.97. The van der Waals surface area contributed by atoms with Crippen LogP contribution in [-0.4, -0.2) is 57.1 Å². The van der Waals surface area contributed by atoms with Gasteiger partial charge in [-0.25, -0.2) is 4.79 Å². The molecule has 0 fully saturated rings. The van der Waals surface area contributed by atoms with Gasteiger partial charge in [-0.3, -0.25) is 20.6 Å². The molecule has 0 aromatic carbocycles. The highest BCUT2D eigenvalue weighted by molar-refractivity contribution is 5.90. The smallest absolute Gasteiger partial charge is 0.408 e. The first kappa shape index (κ1) is 22.1. The molecule has 0 aliphatic carbocycles. The fourth-order valence-electron chi connectivity index (χ4n) is 1.91. The summed E-state index contributed by atoms with van der Waals surface area (Å²) in [5.74, 6) is -0.982. The summed E-state index contributed by atoms with van der Waals surface area (Å²) >= 11 is 0. The summed E-state index contributed by atoms with van der Waals surface area (Å²) in [7, 11) is 3.96. The molecule has 0 aromatic rings. The largest absolute Gasteiger partial charge is 0.453 e. The maximum Gasteiger partial charge on any atom is 0.408 e. The molecular formula is C14H29N5O5. The molecule has 24 heavy (non-hydrogen) atoms. The van der Waals surface area contributed by atoms with Gasteiger partial charge in [-0.15, -0.1) is 0 Å². The highest BCUT2D eigenvalue weighted by Gasteiger charge is 2.51. The van der Waals surface area contributed by atoms with E-state index < -0.39 is 23.4 Å². The molecular weight excluding hydrogens is 318 g/mol. The van der Waals surface area contributed by atoms with E-state index in [2.05, 4.69) is 20.7 Å². The molecule has 140 valence electrons. The predicted octanol–water partition coefficient (Wildman–Crippen LogP) is -1.40. The zero-order valence-electron chi connectivity index (χ0n) is 14.9. The summed E-state index contributed by atoms with van der Waals surface area (Å²) in [6.45, 7) is 3.40. The second kappa shape index (κ2) is 9.40. The van der Waals surface area contributed by atoms with Crippen LogP contribution in [0.5, 0.6) is 0 Å². The number of hydrogen-bond acceptors (Lipinski definition) is 7. The van der Waals surface area contributed by atoms with Crippen LogP contribution in [0.4, 0.5) is 4.79 Å². The van der Waals surface area contributed by atoms with Gasteiger partial charge >= 0.3 is 6.09 Å². The number of alkyl carbamates (subject to hydrolysis) is 1. The maximum atomic E-state index is 12.4. The van der Waals surface area contributed by atoms with Gasteiger partial charge in [-0.2, -0.15) is 0 Å². The minimum Gasteiger partial charge on any atom is -0.453 e. The zero-order valence-corrected chi connectivity index (χ0v) is 14.9. The van der Waals surface area contributed by atoms with Crippen LogP contribution in [-0.2, 0) is 19.1 Å². The molecule has 0 aromatic heterocycles. The molecule has 0 bridgehead atoms. The van der Waals surface area contributed by atoms with Gasteiger partial charge in [-0.1, -0.05) is 6.92 Å². The maximum absolute atomic E-state index is 12.4. The van der Waals surface area contributed by atoms with Crippen LogP contribution in [0, 0.1) is 5.92 Å². The van der Waals surface area contributed by atoms with Crippen molar-refractivity contribution in [2.45, 2.75) is 38.1 Å². The van der Waals surface area contributed by atoms with Gasteiger partial charge in [0.25, 0.3) is 5.91 Å². The van der Waals surface area contributed by atoms with Crippen LogP contribution in [0.2, 0.25) is 0 Å². The molecule has 10 heteroatoms. The van der Waals surface area contributed by atoms with Crippen molar-refractivity contribution in [3.05, 3.63) is 0 Å². The Morgan fingerprint density at radius 3 is 2.25 bits per heavy atom. The Bertz CT molecular complexity index is 457. The number of carbonyl (C=O) groups is 3. The molecule has 7 N–H and O–H groups in total. The minimum absolute atomic E-state index is 0.0734. The van der Waals surface area contributed by atoms with Crippen LogP contribution in [0.15, 0.2) is 0 Å². The fourth-order valence-corrected chi connectivity index (χ4v) is 1.91. The summed E-state index contributed by atoms with van der Waals surface area (Å²) in [5.41, 5.74) is 8.14. The lowest BCUT2D eigenvalue weighted by molar-refractivity contribution is -0.142. The SMILES string of the molecule is CNC(=O)[C@@H](C)CCCNC(=O)[C@@](N)(NC(=O)OC)C(C)(N)OC. The Morgan fingerprint density at radius 1 is 1.21 bits per heavy atom. The quantitative estimate of drug-likeness (QED) is 0.253. The van der Waals surface area contributed by atoms with E-state index in [1.54, 1.807) is 14.0 Å². The third-order valence-electron chi connectivity index (χ3n) is 3.84. The third-order valence-corrected chi connectivity index (χ3v) is 3.84. The van der Waals surface area contributed by atoms with Crippen molar-refractivity contribution < 1.29 is 23.9 Å². The number of nitrogens with two attached hydrogens (primary N) is 2. The van der Waals surface area contributed by atoms with Gasteiger partial charge in [0.15, 0.2) is 5.72 Å². The van der Waals surface area contributed by atoms with E-state index in [1.807, 2.05) is 0 Å². The monoisotopic (exact) mass is 347 g/mol. The van der Waals surface area contributed by atoms with Crippen LogP contribution < -0.4 is 27.4 Å². The third kappa shape index (κ3) is 5.62. The lowest BCUT2D eigenvalue weighted by Gasteiger charge is -2.40. The molecule has 3 atom stereocenters. The molecule has 0 aliphatic heterocycles. The van der Waals surface area contributed by atoms with E-state index in [0.717, 1.165) is 7.11 Å². The average molecular weight is 347 g/mol. The molecule has 10 nitrogen and oxygen atoms in total. The van der Waals surface area contributed by atoms with Crippen molar-refractivity contribution in [1.82, 2.24) is 16.0 Å². The summed E-state index contributed by atoms with van der Waals surface area (Å²) < 4.78 is 9.49. The molecule has 0 rings (SSSR count). The average Bonchev–Trinajstić information content (AvgIpc) is 2.56. The normalized spacial score (nSPS) is 17.0. The number of carbonyl (C=O) groups excluding carboxylic acids is 3. The second-order valence-electron chi connectivity index (χ2n) is 5.65. The van der Waals surface area contributed by atoms with E-state index in [9.17, 15) is 14.4 Å². The molecule has 0 aliphatic rings. The van der Waals surface area contributed by atoms with Gasteiger partial charge in [-0.05, 0) is 19.8 Å². The van der Waals surface area contributed by atoms with Crippen molar-refractivity contribution in [3.63, 3.8) is 0 Å². The molecule has 0 saturated heterocycles. The van der Waals surface area contributed by atoms with Crippen LogP contribution in [0.25, 0.3) is 0 Å². The Labute approximate surface area is 142 Å². The molecule has 3 amide bonds. The summed E-state index contributed by atoms with van der Waals surface area (Å²) in [4.78, 5) is 35.3. The van der Waals surface area contributed by atoms with E-state index >= 15 is 0 Å². The topological polar surface area (TPSA) is 158 Å². The van der Waals surface area contributed by atoms with E-state index in [1.165, 1.54) is 14.0 Å². The van der Waals surface area contributed by atoms with Crippen molar-refractivity contribution in [1.29, 1.82) is 0 Å². The standard InChI is InChI=1S/C14H29N5O5/c1-9(10(20)17-3)7-6-8-18-11(21)14(16,13(2,15)24-5)19-12(22)23-4/h9H,6-8,15-16H2,1-5H3,(H,17,20)(H,18,21)(H,19,22)/t9-,13?,14+/m0/s1. The van der Waals surface area contributed by atoms with Crippen molar-refractivity contribution in [3.8, 4) is 0 Å². The van der Waals surface area contributed by atoms with Crippen LogP contribution in [0.3, 0.4) is 0 Å². The van der Waals surface area contributed by atoms with E-state index in [-0.39, 0.29) is 18.4 Å². The first-order valence-electron chi connectivity index (χ1n) is 7.54. The fraction of sp³-hybridized carbons (Fsp3) is 0.786. The van der Waals surface area contributed by atoms with Gasteiger partial charge in [0.1, 0.15) is 0 Å². The van der Waals surface area contributed by atoms with E-state index in [0.29, 0.717) is 12.8 Å². The first-order chi connectivity index (χ1) is 11.1. The highest BCUT2D eigenvalue weighted by atomic mass is 16.5. The van der Waals surface area contributed by atoms with Gasteiger partial charge in [0.05, 0.1) is 7.11 Å². The van der Waals surface area contributed by atoms with Gasteiger partial charge in [0.2, 0.25) is 11.6 Å². The Balaban J connectivity index is 4.79. The number of rotatable bonds is 9. The number of hydrogen-bond donors (Lipinski definition) is 5. The number of ether oxygens (including phenoxy) is 2. The highest BCUT2D eigenvalue weighted by Crippen LogP contribution is 2.16. The van der Waals surface area contributed by atoms with E-state index in [4.69, 9.17) is 16.2 Å². The van der Waals surface area contributed by atoms with Crippen molar-refractivity contribution in [2.75, 3.05) is 27.8 Å². The van der Waals surface area contributed by atoms with Crippen LogP contribution in [0.1, 0.15) is 26.7 Å². The van der Waals surface area contributed by atoms with Crippen molar-refractivity contribution in [2.24, 2.45) is 17.4 Å². The minimum atomic E-state index is -2.04. The molecule has 0 heterocycles. The molecule has 0 saturated carbocycles. The number of methoxy groups -OCH3 is 2. The van der Waals surface area contributed by atoms with Crippen LogP contribution >= 0.6 is 0 Å². The number of nitrogens with one attached hydrogen (secondary N) is 3. The molecule has 0 spiro atoms. The van der Waals surface area contributed by atoms with Crippen molar-refractivity contribution >= 4 is 17.9 Å². The zero-order chi connectivity index (χ0) is 19.0. The first-order valence-corrected chi connectivity index (χ1v) is 7.54.